The van der Waals surface area contributed by atoms with E-state index in [1.165, 1.54) is 13.8 Å². The number of aromatic hydroxyl groups is 1. The summed E-state index contributed by atoms with van der Waals surface area (Å²) in [6, 6.07) is 3.74. The first-order valence-corrected chi connectivity index (χ1v) is 9.06. The Morgan fingerprint density at radius 3 is 2.32 bits per heavy atom. The summed E-state index contributed by atoms with van der Waals surface area (Å²) in [6.07, 6.45) is -0.844. The van der Waals surface area contributed by atoms with Crippen molar-refractivity contribution < 1.29 is 34.2 Å². The first-order chi connectivity index (χ1) is 14.5. The maximum Gasteiger partial charge on any atom is 0.328 e. The van der Waals surface area contributed by atoms with Gasteiger partial charge in [-0.05, 0) is 31.0 Å². The molecule has 0 aliphatic rings. The average Bonchev–Trinajstić information content (AvgIpc) is 3.14. The molecule has 1 aromatic heterocycles. The van der Waals surface area contributed by atoms with Crippen molar-refractivity contribution in [1.82, 2.24) is 20.8 Å². The monoisotopic (exact) mass is 438 g/mol. The summed E-state index contributed by atoms with van der Waals surface area (Å²) in [5, 5.41) is 35.7. The van der Waals surface area contributed by atoms with Gasteiger partial charge in [-0.15, -0.1) is 0 Å². The lowest BCUT2D eigenvalue weighted by molar-refractivity contribution is -0.141. The highest BCUT2D eigenvalue weighted by atomic mass is 16.5. The van der Waals surface area contributed by atoms with E-state index in [0.29, 0.717) is 6.42 Å². The van der Waals surface area contributed by atoms with E-state index in [1.54, 1.807) is 24.3 Å². The molecule has 2 aromatic rings. The Morgan fingerprint density at radius 2 is 1.81 bits per heavy atom. The molecule has 0 aliphatic heterocycles. The number of phenols is 1. The number of primary amides is 1. The fourth-order valence-electron chi connectivity index (χ4n) is 2.20. The summed E-state index contributed by atoms with van der Waals surface area (Å²) in [7, 11) is 0. The number of nitrogens with one attached hydrogen (secondary N) is 2. The van der Waals surface area contributed by atoms with E-state index in [1.807, 2.05) is 0 Å². The van der Waals surface area contributed by atoms with Gasteiger partial charge in [0.1, 0.15) is 5.75 Å². The molecule has 31 heavy (non-hydrogen) atoms. The quantitative estimate of drug-likeness (QED) is 0.270. The second kappa shape index (κ2) is 12.1. The lowest BCUT2D eigenvalue weighted by Gasteiger charge is -2.16. The highest BCUT2D eigenvalue weighted by molar-refractivity contribution is 5.82. The van der Waals surface area contributed by atoms with Crippen LogP contribution in [0.5, 0.6) is 5.75 Å². The Labute approximate surface area is 177 Å². The third-order valence-corrected chi connectivity index (χ3v) is 3.64. The number of hydrogen-bond acceptors (Lipinski definition) is 9. The van der Waals surface area contributed by atoms with Crippen molar-refractivity contribution in [3.63, 3.8) is 0 Å². The molecule has 0 fully saturated rings. The number of urea groups is 1. The van der Waals surface area contributed by atoms with Gasteiger partial charge in [-0.2, -0.15) is 4.98 Å². The van der Waals surface area contributed by atoms with Crippen LogP contribution in [0.2, 0.25) is 0 Å². The third-order valence-electron chi connectivity index (χ3n) is 3.64. The number of aliphatic hydroxyl groups excluding tert-OH is 1. The van der Waals surface area contributed by atoms with E-state index in [2.05, 4.69) is 26.5 Å². The van der Waals surface area contributed by atoms with E-state index in [-0.39, 0.29) is 29.9 Å². The van der Waals surface area contributed by atoms with Gasteiger partial charge < -0.3 is 41.9 Å². The van der Waals surface area contributed by atoms with Gasteiger partial charge in [0, 0.05) is 6.92 Å². The Kier molecular flexibility index (Phi) is 9.88. The molecule has 3 unspecified atom stereocenters. The summed E-state index contributed by atoms with van der Waals surface area (Å²) < 4.78 is 5.00. The van der Waals surface area contributed by atoms with Crippen molar-refractivity contribution in [2.75, 3.05) is 0 Å². The highest BCUT2D eigenvalue weighted by Crippen LogP contribution is 2.16. The fraction of sp³-hybridized carbons (Fsp3) is 0.389. The molecule has 3 atom stereocenters. The fourth-order valence-corrected chi connectivity index (χ4v) is 2.20. The van der Waals surface area contributed by atoms with Crippen LogP contribution < -0.4 is 22.1 Å². The number of aromatic nitrogens is 2. The second-order valence-corrected chi connectivity index (χ2v) is 6.52. The minimum Gasteiger partial charge on any atom is -0.508 e. The topological polar surface area (TPSA) is 227 Å². The van der Waals surface area contributed by atoms with Crippen molar-refractivity contribution >= 4 is 17.9 Å². The van der Waals surface area contributed by atoms with E-state index in [9.17, 15) is 24.6 Å². The van der Waals surface area contributed by atoms with Crippen LogP contribution in [-0.4, -0.2) is 55.5 Å². The van der Waals surface area contributed by atoms with Gasteiger partial charge in [-0.3, -0.25) is 4.79 Å². The van der Waals surface area contributed by atoms with E-state index < -0.39 is 30.2 Å². The van der Waals surface area contributed by atoms with Crippen molar-refractivity contribution in [1.29, 1.82) is 0 Å². The number of phenolic OH excluding ortho intramolecular Hbond substituents is 1. The molecule has 0 saturated carbocycles. The number of nitrogens with two attached hydrogens (primary N) is 2. The summed E-state index contributed by atoms with van der Waals surface area (Å²) in [6.45, 7) is 2.41. The number of aliphatic carboxylic acids is 1. The molecule has 0 saturated heterocycles. The van der Waals surface area contributed by atoms with Crippen LogP contribution in [0.3, 0.4) is 0 Å². The predicted octanol–water partition coefficient (Wildman–Crippen LogP) is -0.857. The first kappa shape index (κ1) is 25.3. The normalized spacial score (nSPS) is 13.2. The molecule has 13 nitrogen and oxygen atoms in total. The molecule has 1 heterocycles. The standard InChI is InChI=1S/C16H21N5O6.C2H5NO/c1-8(22)13(15(24)25)20-16(26)18-7-12-19-14(21-27-12)11(17)6-9-2-4-10(23)5-3-9;1-2(3)4/h2-5,8,11,13,22-23H,6-7,17H2,1H3,(H,24,25)(H2,18,20,26);1H3,(H2,3,4). The molecule has 0 bridgehead atoms. The molecular formula is C18H26N6O7. The Balaban J connectivity index is 0.00000110. The number of nitrogens with zero attached hydrogens (tertiary/aromatic N) is 2. The van der Waals surface area contributed by atoms with Crippen LogP contribution >= 0.6 is 0 Å². The number of carbonyl (C=O) groups excluding carboxylic acids is 2. The number of carboxylic acid groups (broad SMARTS) is 1. The van der Waals surface area contributed by atoms with Gasteiger partial charge in [0.2, 0.25) is 11.8 Å². The number of hydrogen-bond donors (Lipinski definition) is 7. The maximum absolute atomic E-state index is 11.7. The molecule has 3 amide bonds. The predicted molar refractivity (Wildman–Crippen MR) is 106 cm³/mol. The van der Waals surface area contributed by atoms with Crippen LogP contribution in [0.25, 0.3) is 0 Å². The van der Waals surface area contributed by atoms with Crippen molar-refractivity contribution in [2.24, 2.45) is 11.5 Å². The minimum absolute atomic E-state index is 0.0882. The summed E-state index contributed by atoms with van der Waals surface area (Å²) in [4.78, 5) is 35.9. The first-order valence-electron chi connectivity index (χ1n) is 9.06. The maximum atomic E-state index is 11.7. The van der Waals surface area contributed by atoms with Gasteiger partial charge in [-0.25, -0.2) is 9.59 Å². The molecule has 0 radical (unpaired) electrons. The lowest BCUT2D eigenvalue weighted by Crippen LogP contribution is -2.51. The Bertz CT molecular complexity index is 865. The number of rotatable bonds is 8. The van der Waals surface area contributed by atoms with Gasteiger partial charge in [-0.1, -0.05) is 17.3 Å². The molecule has 170 valence electrons. The van der Waals surface area contributed by atoms with Crippen LogP contribution in [0.4, 0.5) is 4.79 Å². The summed E-state index contributed by atoms with van der Waals surface area (Å²) in [5.74, 6) is -1.21. The van der Waals surface area contributed by atoms with Gasteiger partial charge in [0.05, 0.1) is 18.7 Å². The van der Waals surface area contributed by atoms with Crippen molar-refractivity contribution in [3.05, 3.63) is 41.5 Å². The van der Waals surface area contributed by atoms with Crippen LogP contribution in [0.1, 0.15) is 37.2 Å². The number of carbonyl (C=O) groups is 3. The average molecular weight is 438 g/mol. The summed E-state index contributed by atoms with van der Waals surface area (Å²) >= 11 is 0. The van der Waals surface area contributed by atoms with Crippen LogP contribution in [-0.2, 0) is 22.6 Å². The Morgan fingerprint density at radius 1 is 1.23 bits per heavy atom. The number of aliphatic hydroxyl groups is 1. The van der Waals surface area contributed by atoms with Crippen molar-refractivity contribution in [2.45, 2.75) is 45.0 Å². The smallest absolute Gasteiger partial charge is 0.328 e. The second-order valence-electron chi connectivity index (χ2n) is 6.52. The van der Waals surface area contributed by atoms with Crippen LogP contribution in [0, 0.1) is 0 Å². The molecule has 9 N–H and O–H groups in total. The number of benzene rings is 1. The number of amides is 3. The zero-order valence-electron chi connectivity index (χ0n) is 17.0. The Hall–Kier alpha value is -3.71. The van der Waals surface area contributed by atoms with Gasteiger partial charge >= 0.3 is 12.0 Å². The number of carboxylic acids is 1. The SMILES string of the molecule is CC(N)=O.CC(O)C(NC(=O)NCc1nc(C(N)Cc2ccc(O)cc2)no1)C(=O)O. The highest BCUT2D eigenvalue weighted by Gasteiger charge is 2.25. The lowest BCUT2D eigenvalue weighted by atomic mass is 10.1. The molecule has 0 spiro atoms. The zero-order chi connectivity index (χ0) is 23.6. The third kappa shape index (κ3) is 9.56. The molecule has 1 aromatic carbocycles. The van der Waals surface area contributed by atoms with E-state index in [0.717, 1.165) is 5.56 Å². The zero-order valence-corrected chi connectivity index (χ0v) is 17.0. The molecule has 2 rings (SSSR count). The molecular weight excluding hydrogens is 412 g/mol. The molecule has 13 heteroatoms. The minimum atomic E-state index is -1.44. The van der Waals surface area contributed by atoms with E-state index >= 15 is 0 Å². The van der Waals surface area contributed by atoms with E-state index in [4.69, 9.17) is 15.4 Å². The molecule has 0 aliphatic carbocycles. The largest absolute Gasteiger partial charge is 0.508 e. The summed E-state index contributed by atoms with van der Waals surface area (Å²) in [5.41, 5.74) is 11.4. The van der Waals surface area contributed by atoms with Crippen molar-refractivity contribution in [3.8, 4) is 5.75 Å². The van der Waals surface area contributed by atoms with Crippen LogP contribution in [0.15, 0.2) is 28.8 Å². The van der Waals surface area contributed by atoms with Gasteiger partial charge in [0.15, 0.2) is 11.9 Å². The van der Waals surface area contributed by atoms with Gasteiger partial charge in [0.25, 0.3) is 0 Å².